The molecule has 1 nitrogen and oxygen atoms in total. The number of benzene rings is 2. The lowest BCUT2D eigenvalue weighted by molar-refractivity contribution is 1.19. The van der Waals surface area contributed by atoms with Gasteiger partial charge in [0.2, 0.25) is 0 Å². The highest BCUT2D eigenvalue weighted by Crippen LogP contribution is 2.20. The van der Waals surface area contributed by atoms with Crippen molar-refractivity contribution in [2.75, 3.05) is 0 Å². The minimum atomic E-state index is 0.939. The van der Waals surface area contributed by atoms with Crippen LogP contribution in [0.1, 0.15) is 16.7 Å². The van der Waals surface area contributed by atoms with Crippen LogP contribution in [0.2, 0.25) is 0 Å². The van der Waals surface area contributed by atoms with Gasteiger partial charge >= 0.3 is 0 Å². The number of para-hydroxylation sites is 1. The van der Waals surface area contributed by atoms with Crippen LogP contribution in [-0.4, -0.2) is 4.98 Å². The number of nitrogens with zero attached hydrogens (tertiary/aromatic N) is 1. The number of aromatic nitrogens is 1. The summed E-state index contributed by atoms with van der Waals surface area (Å²) in [4.78, 5) is 4.58. The van der Waals surface area contributed by atoms with E-state index >= 15 is 0 Å². The quantitative estimate of drug-likeness (QED) is 0.648. The Labute approximate surface area is 107 Å². The van der Waals surface area contributed by atoms with Gasteiger partial charge in [0.05, 0.1) is 5.52 Å². The Hall–Kier alpha value is -2.15. The van der Waals surface area contributed by atoms with Gasteiger partial charge in [-0.2, -0.15) is 0 Å². The van der Waals surface area contributed by atoms with Gasteiger partial charge in [0.15, 0.2) is 0 Å². The molecule has 18 heavy (non-hydrogen) atoms. The second kappa shape index (κ2) is 4.61. The zero-order valence-electron chi connectivity index (χ0n) is 10.4. The molecule has 88 valence electrons. The van der Waals surface area contributed by atoms with Gasteiger partial charge in [0, 0.05) is 11.6 Å². The molecular weight excluding hydrogens is 218 g/mol. The van der Waals surface area contributed by atoms with E-state index in [9.17, 15) is 0 Å². The molecule has 0 unspecified atom stereocenters. The van der Waals surface area contributed by atoms with Gasteiger partial charge in [-0.15, -0.1) is 0 Å². The number of rotatable bonds is 2. The van der Waals surface area contributed by atoms with Crippen LogP contribution < -0.4 is 0 Å². The van der Waals surface area contributed by atoms with Crippen molar-refractivity contribution in [3.05, 3.63) is 77.5 Å². The molecule has 0 aliphatic carbocycles. The van der Waals surface area contributed by atoms with Crippen molar-refractivity contribution in [3.63, 3.8) is 0 Å². The van der Waals surface area contributed by atoms with E-state index in [-0.39, 0.29) is 0 Å². The molecule has 0 amide bonds. The van der Waals surface area contributed by atoms with Crippen molar-refractivity contribution in [2.45, 2.75) is 13.3 Å². The van der Waals surface area contributed by atoms with E-state index in [1.165, 1.54) is 22.1 Å². The van der Waals surface area contributed by atoms with Gasteiger partial charge in [-0.25, -0.2) is 0 Å². The zero-order chi connectivity index (χ0) is 12.4. The van der Waals surface area contributed by atoms with Crippen LogP contribution in [0.25, 0.3) is 10.9 Å². The maximum atomic E-state index is 4.58. The molecule has 2 aromatic carbocycles. The number of fused-ring (bicyclic) bond motifs is 1. The molecule has 0 aliphatic rings. The summed E-state index contributed by atoms with van der Waals surface area (Å²) in [5.74, 6) is 0. The fourth-order valence-electron chi connectivity index (χ4n) is 2.29. The van der Waals surface area contributed by atoms with E-state index < -0.39 is 0 Å². The SMILES string of the molecule is Cc1cnc2c(Cc3ccccc3)cccc2c1. The topological polar surface area (TPSA) is 12.9 Å². The van der Waals surface area contributed by atoms with E-state index in [2.05, 4.69) is 60.4 Å². The maximum absolute atomic E-state index is 4.58. The summed E-state index contributed by atoms with van der Waals surface area (Å²) in [5.41, 5.74) is 4.94. The Morgan fingerprint density at radius 1 is 0.944 bits per heavy atom. The normalized spacial score (nSPS) is 10.7. The molecule has 0 spiro atoms. The van der Waals surface area contributed by atoms with Gasteiger partial charge in [-0.3, -0.25) is 4.98 Å². The van der Waals surface area contributed by atoms with Crippen molar-refractivity contribution in [3.8, 4) is 0 Å². The smallest absolute Gasteiger partial charge is 0.0737 e. The zero-order valence-corrected chi connectivity index (χ0v) is 10.4. The highest BCUT2D eigenvalue weighted by atomic mass is 14.7. The molecule has 1 aromatic heterocycles. The predicted octanol–water partition coefficient (Wildman–Crippen LogP) is 4.13. The summed E-state index contributed by atoms with van der Waals surface area (Å²) in [6.07, 6.45) is 2.88. The van der Waals surface area contributed by atoms with Crippen LogP contribution in [0.5, 0.6) is 0 Å². The highest BCUT2D eigenvalue weighted by Gasteiger charge is 2.03. The van der Waals surface area contributed by atoms with Crippen LogP contribution in [0.3, 0.4) is 0 Å². The van der Waals surface area contributed by atoms with Gasteiger partial charge in [-0.1, -0.05) is 48.5 Å². The second-order valence-corrected chi connectivity index (χ2v) is 4.66. The van der Waals surface area contributed by atoms with Crippen molar-refractivity contribution in [2.24, 2.45) is 0 Å². The van der Waals surface area contributed by atoms with Crippen molar-refractivity contribution >= 4 is 10.9 Å². The molecular formula is C17H15N. The molecule has 0 N–H and O–H groups in total. The van der Waals surface area contributed by atoms with Crippen molar-refractivity contribution in [1.29, 1.82) is 0 Å². The summed E-state index contributed by atoms with van der Waals surface area (Å²) in [5, 5.41) is 1.23. The molecule has 0 saturated carbocycles. The third-order valence-electron chi connectivity index (χ3n) is 3.17. The summed E-state index contributed by atoms with van der Waals surface area (Å²) in [6, 6.07) is 19.1. The van der Waals surface area contributed by atoms with Crippen LogP contribution in [-0.2, 0) is 6.42 Å². The third-order valence-corrected chi connectivity index (χ3v) is 3.17. The molecule has 3 rings (SSSR count). The van der Waals surface area contributed by atoms with Gasteiger partial charge < -0.3 is 0 Å². The first-order valence-electron chi connectivity index (χ1n) is 6.21. The van der Waals surface area contributed by atoms with E-state index in [4.69, 9.17) is 0 Å². The predicted molar refractivity (Wildman–Crippen MR) is 75.7 cm³/mol. The van der Waals surface area contributed by atoms with Crippen molar-refractivity contribution in [1.82, 2.24) is 4.98 Å². The highest BCUT2D eigenvalue weighted by molar-refractivity contribution is 5.82. The molecule has 1 heteroatoms. The standard InChI is InChI=1S/C17H15N/c1-13-10-15-8-5-9-16(17(15)18-12-13)11-14-6-3-2-4-7-14/h2-10,12H,11H2,1H3. The van der Waals surface area contributed by atoms with E-state index in [1.807, 2.05) is 12.3 Å². The lowest BCUT2D eigenvalue weighted by Gasteiger charge is -2.06. The first kappa shape index (κ1) is 11.0. The maximum Gasteiger partial charge on any atom is 0.0737 e. The van der Waals surface area contributed by atoms with Crippen LogP contribution in [0.15, 0.2) is 60.8 Å². The summed E-state index contributed by atoms with van der Waals surface area (Å²) >= 11 is 0. The summed E-state index contributed by atoms with van der Waals surface area (Å²) in [7, 11) is 0. The number of hydrogen-bond donors (Lipinski definition) is 0. The summed E-state index contributed by atoms with van der Waals surface area (Å²) < 4.78 is 0. The molecule has 3 aromatic rings. The Morgan fingerprint density at radius 2 is 1.78 bits per heavy atom. The minimum Gasteiger partial charge on any atom is -0.256 e. The van der Waals surface area contributed by atoms with Gasteiger partial charge in [-0.05, 0) is 36.1 Å². The number of pyridine rings is 1. The molecule has 0 saturated heterocycles. The average Bonchev–Trinajstić information content (AvgIpc) is 2.40. The van der Waals surface area contributed by atoms with E-state index in [0.717, 1.165) is 11.9 Å². The summed E-state index contributed by atoms with van der Waals surface area (Å²) in [6.45, 7) is 2.08. The second-order valence-electron chi connectivity index (χ2n) is 4.66. The van der Waals surface area contributed by atoms with Gasteiger partial charge in [0.25, 0.3) is 0 Å². The molecule has 0 radical (unpaired) electrons. The first-order chi connectivity index (χ1) is 8.83. The minimum absolute atomic E-state index is 0.939. The lowest BCUT2D eigenvalue weighted by atomic mass is 10.0. The molecule has 0 bridgehead atoms. The molecule has 0 fully saturated rings. The van der Waals surface area contributed by atoms with Gasteiger partial charge in [0.1, 0.15) is 0 Å². The molecule has 0 aliphatic heterocycles. The number of aryl methyl sites for hydroxylation is 1. The Bertz CT molecular complexity index is 672. The molecule has 1 heterocycles. The fourth-order valence-corrected chi connectivity index (χ4v) is 2.29. The Morgan fingerprint density at radius 3 is 2.61 bits per heavy atom. The van der Waals surface area contributed by atoms with Crippen LogP contribution in [0.4, 0.5) is 0 Å². The van der Waals surface area contributed by atoms with Crippen molar-refractivity contribution < 1.29 is 0 Å². The monoisotopic (exact) mass is 233 g/mol. The van der Waals surface area contributed by atoms with E-state index in [1.54, 1.807) is 0 Å². The van der Waals surface area contributed by atoms with E-state index in [0.29, 0.717) is 0 Å². The Balaban J connectivity index is 2.07. The molecule has 0 atom stereocenters. The fraction of sp³-hybridized carbons (Fsp3) is 0.118. The third kappa shape index (κ3) is 2.12. The largest absolute Gasteiger partial charge is 0.256 e. The van der Waals surface area contributed by atoms with Crippen LogP contribution >= 0.6 is 0 Å². The number of hydrogen-bond acceptors (Lipinski definition) is 1. The lowest BCUT2D eigenvalue weighted by Crippen LogP contribution is -1.92. The Kier molecular flexibility index (Phi) is 2.81. The first-order valence-corrected chi connectivity index (χ1v) is 6.21. The van der Waals surface area contributed by atoms with Crippen LogP contribution in [0, 0.1) is 6.92 Å². The average molecular weight is 233 g/mol.